The summed E-state index contributed by atoms with van der Waals surface area (Å²) < 4.78 is 27.3. The Balaban J connectivity index is 2.41. The Labute approximate surface area is 137 Å². The first kappa shape index (κ1) is 16.6. The predicted octanol–water partition coefficient (Wildman–Crippen LogP) is 2.49. The van der Waals surface area contributed by atoms with E-state index in [2.05, 4.69) is 20.9 Å². The average Bonchev–Trinajstić information content (AvgIpc) is 2.94. The van der Waals surface area contributed by atoms with E-state index in [9.17, 15) is 8.42 Å². The predicted molar refractivity (Wildman–Crippen MR) is 87.5 cm³/mol. The molecule has 2 N–H and O–H groups in total. The summed E-state index contributed by atoms with van der Waals surface area (Å²) in [5, 5.41) is 1.84. The number of aromatic nitrogens is 1. The maximum atomic E-state index is 12.7. The lowest BCUT2D eigenvalue weighted by Crippen LogP contribution is -2.27. The van der Waals surface area contributed by atoms with Gasteiger partial charge in [-0.3, -0.25) is 0 Å². The molecule has 114 valence electrons. The summed E-state index contributed by atoms with van der Waals surface area (Å²) >= 11 is 4.81. The topological polar surface area (TPSA) is 76.3 Å². The van der Waals surface area contributed by atoms with Crippen LogP contribution in [0.5, 0.6) is 0 Å². The molecule has 1 aromatic carbocycles. The zero-order chi connectivity index (χ0) is 15.6. The summed E-state index contributed by atoms with van der Waals surface area (Å²) in [6.45, 7) is 2.39. The molecule has 0 aliphatic rings. The molecule has 0 saturated heterocycles. The van der Waals surface area contributed by atoms with E-state index in [1.54, 1.807) is 18.6 Å². The zero-order valence-electron chi connectivity index (χ0n) is 11.7. The first-order valence-electron chi connectivity index (χ1n) is 6.18. The van der Waals surface area contributed by atoms with Crippen molar-refractivity contribution in [2.75, 3.05) is 7.05 Å². The lowest BCUT2D eigenvalue weighted by Gasteiger charge is -2.18. The van der Waals surface area contributed by atoms with Gasteiger partial charge in [0.15, 0.2) is 0 Å². The van der Waals surface area contributed by atoms with E-state index < -0.39 is 10.0 Å². The van der Waals surface area contributed by atoms with Crippen molar-refractivity contribution in [3.05, 3.63) is 44.3 Å². The quantitative estimate of drug-likeness (QED) is 0.851. The molecular formula is C13H16BrN3O2S2. The van der Waals surface area contributed by atoms with Crippen LogP contribution in [0.15, 0.2) is 32.4 Å². The molecule has 0 amide bonds. The molecule has 0 aliphatic heterocycles. The van der Waals surface area contributed by atoms with Crippen LogP contribution in [-0.4, -0.2) is 24.8 Å². The van der Waals surface area contributed by atoms with Crippen molar-refractivity contribution >= 4 is 37.3 Å². The average molecular weight is 390 g/mol. The summed E-state index contributed by atoms with van der Waals surface area (Å²) in [5.41, 5.74) is 9.68. The molecule has 0 unspecified atom stereocenters. The van der Waals surface area contributed by atoms with Crippen molar-refractivity contribution in [3.8, 4) is 0 Å². The normalized spacial score (nSPS) is 12.0. The summed E-state index contributed by atoms with van der Waals surface area (Å²) in [6, 6.07) is 3.49. The number of benzene rings is 1. The first-order chi connectivity index (χ1) is 9.86. The maximum Gasteiger partial charge on any atom is 0.244 e. The molecule has 1 heterocycles. The minimum absolute atomic E-state index is 0.237. The zero-order valence-corrected chi connectivity index (χ0v) is 14.9. The van der Waals surface area contributed by atoms with Crippen molar-refractivity contribution in [2.24, 2.45) is 5.73 Å². The molecule has 8 heteroatoms. The van der Waals surface area contributed by atoms with Crippen LogP contribution >= 0.6 is 27.3 Å². The van der Waals surface area contributed by atoms with Gasteiger partial charge in [-0.05, 0) is 40.0 Å². The molecule has 2 aromatic rings. The maximum absolute atomic E-state index is 12.7. The second kappa shape index (κ2) is 6.53. The SMILES string of the molecule is Cc1cc(CN)cc(S(=O)(=O)N(C)Cc2cscn2)c1Br. The fourth-order valence-electron chi connectivity index (χ4n) is 1.91. The van der Waals surface area contributed by atoms with Gasteiger partial charge in [0, 0.05) is 23.4 Å². The van der Waals surface area contributed by atoms with Crippen LogP contribution < -0.4 is 5.73 Å². The molecule has 0 fully saturated rings. The number of hydrogen-bond donors (Lipinski definition) is 1. The Kier molecular flexibility index (Phi) is 5.15. The first-order valence-corrected chi connectivity index (χ1v) is 9.36. The van der Waals surface area contributed by atoms with Gasteiger partial charge in [0.05, 0.1) is 22.6 Å². The minimum atomic E-state index is -3.61. The summed E-state index contributed by atoms with van der Waals surface area (Å²) in [6.07, 6.45) is 0. The van der Waals surface area contributed by atoms with Crippen LogP contribution in [0.3, 0.4) is 0 Å². The molecule has 21 heavy (non-hydrogen) atoms. The minimum Gasteiger partial charge on any atom is -0.326 e. The van der Waals surface area contributed by atoms with E-state index in [0.717, 1.165) is 16.8 Å². The lowest BCUT2D eigenvalue weighted by molar-refractivity contribution is 0.462. The third kappa shape index (κ3) is 3.51. The summed E-state index contributed by atoms with van der Waals surface area (Å²) in [4.78, 5) is 4.35. The molecule has 0 atom stereocenters. The molecular weight excluding hydrogens is 374 g/mol. The monoisotopic (exact) mass is 389 g/mol. The Bertz CT molecular complexity index is 730. The Hall–Kier alpha value is -0.800. The van der Waals surface area contributed by atoms with Gasteiger partial charge in [0.2, 0.25) is 10.0 Å². The number of thiazole rings is 1. The number of aryl methyl sites for hydroxylation is 1. The number of nitrogens with two attached hydrogens (primary N) is 1. The molecule has 0 saturated carbocycles. The number of rotatable bonds is 5. The second-order valence-corrected chi connectivity index (χ2v) is 8.19. The molecule has 0 aliphatic carbocycles. The van der Waals surface area contributed by atoms with Crippen LogP contribution in [-0.2, 0) is 23.1 Å². The van der Waals surface area contributed by atoms with Crippen molar-refractivity contribution in [3.63, 3.8) is 0 Å². The molecule has 2 rings (SSSR count). The van der Waals surface area contributed by atoms with Gasteiger partial charge in [-0.25, -0.2) is 13.4 Å². The number of nitrogens with zero attached hydrogens (tertiary/aromatic N) is 2. The summed E-state index contributed by atoms with van der Waals surface area (Å²) in [7, 11) is -2.06. The third-order valence-corrected chi connectivity index (χ3v) is 6.85. The van der Waals surface area contributed by atoms with Crippen LogP contribution in [0, 0.1) is 6.92 Å². The van der Waals surface area contributed by atoms with Gasteiger partial charge in [-0.1, -0.05) is 6.07 Å². The number of sulfonamides is 1. The molecule has 0 bridgehead atoms. The van der Waals surface area contributed by atoms with E-state index in [-0.39, 0.29) is 11.4 Å². The fourth-order valence-corrected chi connectivity index (χ4v) is 4.63. The Morgan fingerprint density at radius 2 is 2.14 bits per heavy atom. The van der Waals surface area contributed by atoms with Crippen molar-refractivity contribution in [2.45, 2.75) is 24.9 Å². The molecule has 1 aromatic heterocycles. The van der Waals surface area contributed by atoms with Gasteiger partial charge >= 0.3 is 0 Å². The number of halogens is 1. The van der Waals surface area contributed by atoms with E-state index in [0.29, 0.717) is 11.0 Å². The van der Waals surface area contributed by atoms with Gasteiger partial charge < -0.3 is 5.73 Å². The third-order valence-electron chi connectivity index (χ3n) is 3.07. The lowest BCUT2D eigenvalue weighted by atomic mass is 10.1. The largest absolute Gasteiger partial charge is 0.326 e. The highest BCUT2D eigenvalue weighted by molar-refractivity contribution is 9.10. The van der Waals surface area contributed by atoms with Crippen LogP contribution in [0.1, 0.15) is 16.8 Å². The second-order valence-electron chi connectivity index (χ2n) is 4.67. The van der Waals surface area contributed by atoms with Gasteiger partial charge in [0.1, 0.15) is 0 Å². The van der Waals surface area contributed by atoms with E-state index in [4.69, 9.17) is 5.73 Å². The molecule has 5 nitrogen and oxygen atoms in total. The van der Waals surface area contributed by atoms with Crippen molar-refractivity contribution in [1.29, 1.82) is 0 Å². The Morgan fingerprint density at radius 3 is 2.71 bits per heavy atom. The molecule has 0 spiro atoms. The highest BCUT2D eigenvalue weighted by Gasteiger charge is 2.25. The highest BCUT2D eigenvalue weighted by Crippen LogP contribution is 2.29. The fraction of sp³-hybridized carbons (Fsp3) is 0.308. The standard InChI is InChI=1S/C13H16BrN3O2S2/c1-9-3-10(5-15)4-12(13(9)14)21(18,19)17(2)6-11-7-20-8-16-11/h3-4,7-8H,5-6,15H2,1-2H3. The van der Waals surface area contributed by atoms with E-state index >= 15 is 0 Å². The Morgan fingerprint density at radius 1 is 1.43 bits per heavy atom. The van der Waals surface area contributed by atoms with Gasteiger partial charge in [0.25, 0.3) is 0 Å². The van der Waals surface area contributed by atoms with E-state index in [1.165, 1.54) is 15.6 Å². The molecule has 0 radical (unpaired) electrons. The van der Waals surface area contributed by atoms with Crippen LogP contribution in [0.4, 0.5) is 0 Å². The van der Waals surface area contributed by atoms with Gasteiger partial charge in [-0.2, -0.15) is 4.31 Å². The summed E-state index contributed by atoms with van der Waals surface area (Å²) in [5.74, 6) is 0. The van der Waals surface area contributed by atoms with Crippen LogP contribution in [0.2, 0.25) is 0 Å². The van der Waals surface area contributed by atoms with Crippen LogP contribution in [0.25, 0.3) is 0 Å². The number of hydrogen-bond acceptors (Lipinski definition) is 5. The van der Waals surface area contributed by atoms with Crippen molar-refractivity contribution in [1.82, 2.24) is 9.29 Å². The smallest absolute Gasteiger partial charge is 0.244 e. The van der Waals surface area contributed by atoms with E-state index in [1.807, 2.05) is 18.4 Å². The van der Waals surface area contributed by atoms with Crippen molar-refractivity contribution < 1.29 is 8.42 Å². The highest BCUT2D eigenvalue weighted by atomic mass is 79.9. The van der Waals surface area contributed by atoms with Gasteiger partial charge in [-0.15, -0.1) is 11.3 Å².